The molecule has 5 N–H and O–H groups in total. The van der Waals surface area contributed by atoms with E-state index in [-0.39, 0.29) is 49.5 Å². The van der Waals surface area contributed by atoms with Crippen molar-refractivity contribution in [1.29, 1.82) is 0 Å². The lowest BCUT2D eigenvalue weighted by molar-refractivity contribution is 0.474. The summed E-state index contributed by atoms with van der Waals surface area (Å²) < 4.78 is 78.0. The highest BCUT2D eigenvalue weighted by Gasteiger charge is 2.34. The number of aromatic amines is 1. The molecule has 6 heterocycles. The number of hydrogen-bond acceptors (Lipinski definition) is 13. The fourth-order valence-corrected chi connectivity index (χ4v) is 13.8. The fraction of sp³-hybridized carbons (Fsp3) is 0.135. The van der Waals surface area contributed by atoms with E-state index in [1.807, 2.05) is 12.1 Å². The Balaban J connectivity index is 0.000000137. The monoisotopic (exact) mass is 1110 g/mol. The molecule has 0 saturated heterocycles. The molecule has 0 atom stereocenters. The number of halogens is 3. The third-order valence-electron chi connectivity index (χ3n) is 12.2. The smallest absolute Gasteiger partial charge is 0.264 e. The zero-order chi connectivity index (χ0) is 51.8. The number of aromatic hydroxyl groups is 3. The number of anilines is 3. The molecular formula is C52H45Cl3N6O10S3. The van der Waals surface area contributed by atoms with Crippen molar-refractivity contribution >= 4 is 112 Å². The highest BCUT2D eigenvalue weighted by Crippen LogP contribution is 2.39. The van der Waals surface area contributed by atoms with Crippen molar-refractivity contribution in [3.8, 4) is 17.2 Å². The minimum absolute atomic E-state index is 0. The third kappa shape index (κ3) is 10.6. The van der Waals surface area contributed by atoms with Gasteiger partial charge >= 0.3 is 0 Å². The number of benzene rings is 6. The minimum Gasteiger partial charge on any atom is -0.508 e. The predicted molar refractivity (Wildman–Crippen MR) is 291 cm³/mol. The van der Waals surface area contributed by atoms with Gasteiger partial charge in [0, 0.05) is 86.9 Å². The van der Waals surface area contributed by atoms with Crippen molar-refractivity contribution in [2.45, 2.75) is 41.4 Å². The number of H-pyrrole nitrogens is 1. The highest BCUT2D eigenvalue weighted by atomic mass is 35.7. The Bertz CT molecular complexity index is 4050. The number of rotatable bonds is 5. The molecule has 0 saturated carbocycles. The average Bonchev–Trinajstić information content (AvgIpc) is 4.13. The molecule has 0 aliphatic carbocycles. The van der Waals surface area contributed by atoms with Crippen LogP contribution in [0.5, 0.6) is 17.2 Å². The maximum Gasteiger partial charge on any atom is 0.264 e. The summed E-state index contributed by atoms with van der Waals surface area (Å²) in [4.78, 5) is 22.7. The van der Waals surface area contributed by atoms with E-state index < -0.39 is 29.1 Å². The van der Waals surface area contributed by atoms with Crippen LogP contribution >= 0.6 is 33.9 Å². The van der Waals surface area contributed by atoms with Crippen molar-refractivity contribution in [2.75, 3.05) is 33.6 Å². The Morgan fingerprint density at radius 2 is 0.959 bits per heavy atom. The van der Waals surface area contributed by atoms with Crippen molar-refractivity contribution < 1.29 is 40.6 Å². The molecule has 3 aliphatic rings. The third-order valence-corrected chi connectivity index (χ3v) is 18.0. The summed E-state index contributed by atoms with van der Waals surface area (Å²) in [6.45, 7) is 1.65. The van der Waals surface area contributed by atoms with Crippen LogP contribution in [0.25, 0.3) is 32.3 Å². The first-order chi connectivity index (χ1) is 34.8. The van der Waals surface area contributed by atoms with Crippen LogP contribution in [0.2, 0.25) is 10.3 Å². The van der Waals surface area contributed by atoms with Gasteiger partial charge in [-0.05, 0) is 133 Å². The van der Waals surface area contributed by atoms with E-state index >= 15 is 0 Å². The molecule has 9 aromatic rings. The van der Waals surface area contributed by atoms with Gasteiger partial charge in [0.1, 0.15) is 27.6 Å². The second-order valence-corrected chi connectivity index (χ2v) is 23.6. The van der Waals surface area contributed by atoms with Crippen LogP contribution < -0.4 is 19.5 Å². The van der Waals surface area contributed by atoms with Gasteiger partial charge in [-0.25, -0.2) is 35.2 Å². The van der Waals surface area contributed by atoms with E-state index in [0.29, 0.717) is 75.4 Å². The number of hydrogen-bond donors (Lipinski definition) is 5. The zero-order valence-corrected chi connectivity index (χ0v) is 42.7. The molecule has 0 unspecified atom stereocenters. The van der Waals surface area contributed by atoms with Crippen LogP contribution in [0, 0.1) is 0 Å². The van der Waals surface area contributed by atoms with Crippen LogP contribution in [-0.2, 0) is 48.4 Å². The maximum absolute atomic E-state index is 13.2. The van der Waals surface area contributed by atoms with Gasteiger partial charge in [0.25, 0.3) is 34.7 Å². The highest BCUT2D eigenvalue weighted by molar-refractivity contribution is 8.14. The van der Waals surface area contributed by atoms with E-state index in [4.69, 9.17) is 39.0 Å². The summed E-state index contributed by atoms with van der Waals surface area (Å²) >= 11 is 11.9. The van der Waals surface area contributed by atoms with Crippen LogP contribution in [0.1, 0.15) is 24.1 Å². The molecule has 382 valence electrons. The number of aromatic nitrogens is 3. The Kier molecular flexibility index (Phi) is 15.4. The largest absolute Gasteiger partial charge is 0.508 e. The van der Waals surface area contributed by atoms with Gasteiger partial charge in [-0.1, -0.05) is 61.0 Å². The maximum atomic E-state index is 13.2. The van der Waals surface area contributed by atoms with Gasteiger partial charge in [-0.15, -0.1) is 0 Å². The van der Waals surface area contributed by atoms with Crippen LogP contribution in [0.15, 0.2) is 165 Å². The first-order valence-electron chi connectivity index (χ1n) is 22.2. The molecule has 3 aromatic heterocycles. The molecule has 0 amide bonds. The number of nitrogens with one attached hydrogen (secondary N) is 2. The van der Waals surface area contributed by atoms with Gasteiger partial charge in [0.05, 0.1) is 26.1 Å². The zero-order valence-electron chi connectivity index (χ0n) is 37.9. The average molecular weight is 1120 g/mol. The summed E-state index contributed by atoms with van der Waals surface area (Å²) in [6.07, 6.45) is 6.52. The number of phenols is 3. The fourth-order valence-electron chi connectivity index (χ4n) is 8.88. The summed E-state index contributed by atoms with van der Waals surface area (Å²) in [5.41, 5.74) is 4.84. The van der Waals surface area contributed by atoms with Crippen molar-refractivity contribution in [1.82, 2.24) is 15.0 Å². The second kappa shape index (κ2) is 21.4. The molecule has 0 radical (unpaired) electrons. The lowest BCUT2D eigenvalue weighted by Crippen LogP contribution is -2.29. The second-order valence-electron chi connectivity index (χ2n) is 16.7. The number of nitrogens with zero attached hydrogens (tertiary/aromatic N) is 4. The normalized spacial score (nSPS) is 13.5. The first-order valence-corrected chi connectivity index (χ1v) is 28.1. The standard InChI is InChI=1S/C17H13ClN2O3S.C17H14N2O4S.C9H5Cl2NO2S.C8H9NO.CH4/c18-17-14-2-1-3-16(13(14)6-8-19-17)24(22,23)20-9-7-11-10-12(21)4-5-15(11)20;20-12-4-5-15-11(10-12)7-9-19(15)24(22,23)16-3-1-2-14-13(16)6-8-18-17(14)21;10-9-7-2-1-3-8(15(11,13)14)6(7)4-5-12-9;10-7-1-2-8-6(5-7)3-4-9-8;/h1-6,8,10,21H,7,9H2;1-6,8,10,20H,7,9H2,(H,18,21);1-5H;1-2,5,9-10H,3-4H2;1H4. The lowest BCUT2D eigenvalue weighted by Gasteiger charge is -2.20. The Labute approximate surface area is 440 Å². The van der Waals surface area contributed by atoms with E-state index in [9.17, 15) is 40.3 Å². The Morgan fingerprint density at radius 1 is 0.514 bits per heavy atom. The first kappa shape index (κ1) is 53.2. The van der Waals surface area contributed by atoms with Gasteiger partial charge < -0.3 is 25.6 Å². The van der Waals surface area contributed by atoms with E-state index in [1.54, 1.807) is 91.0 Å². The van der Waals surface area contributed by atoms with Crippen molar-refractivity contribution in [3.05, 3.63) is 183 Å². The molecular weight excluding hydrogens is 1070 g/mol. The quantitative estimate of drug-likeness (QED) is 0.0613. The number of pyridine rings is 3. The summed E-state index contributed by atoms with van der Waals surface area (Å²) in [6, 6.07) is 34.0. The Morgan fingerprint density at radius 3 is 1.47 bits per heavy atom. The molecule has 3 aliphatic heterocycles. The van der Waals surface area contributed by atoms with Crippen LogP contribution in [-0.4, -0.2) is 75.2 Å². The van der Waals surface area contributed by atoms with Crippen LogP contribution in [0.4, 0.5) is 17.1 Å². The van der Waals surface area contributed by atoms with Crippen LogP contribution in [0.3, 0.4) is 0 Å². The molecule has 16 nitrogen and oxygen atoms in total. The predicted octanol–water partition coefficient (Wildman–Crippen LogP) is 10.1. The molecule has 22 heteroatoms. The van der Waals surface area contributed by atoms with Gasteiger partial charge in [-0.2, -0.15) is 0 Å². The van der Waals surface area contributed by atoms with Gasteiger partial charge in [0.2, 0.25) is 0 Å². The van der Waals surface area contributed by atoms with Crippen molar-refractivity contribution in [2.24, 2.45) is 0 Å². The number of sulfonamides is 2. The molecule has 0 spiro atoms. The molecule has 6 aromatic carbocycles. The number of fused-ring (bicyclic) bond motifs is 6. The Hall–Kier alpha value is -7.13. The summed E-state index contributed by atoms with van der Waals surface area (Å²) in [7, 11) is -6.01. The van der Waals surface area contributed by atoms with E-state index in [2.05, 4.69) is 20.3 Å². The van der Waals surface area contributed by atoms with Gasteiger partial charge in [-0.3, -0.25) is 13.4 Å². The molecule has 12 rings (SSSR count). The summed E-state index contributed by atoms with van der Waals surface area (Å²) in [5, 5.41) is 34.9. The topological polar surface area (TPSA) is 240 Å². The molecule has 0 bridgehead atoms. The van der Waals surface area contributed by atoms with Crippen molar-refractivity contribution in [3.63, 3.8) is 0 Å². The summed E-state index contributed by atoms with van der Waals surface area (Å²) in [5.74, 6) is 0.614. The lowest BCUT2D eigenvalue weighted by atomic mass is 10.1. The molecule has 0 fully saturated rings. The minimum atomic E-state index is -3.81. The van der Waals surface area contributed by atoms with Gasteiger partial charge in [0.15, 0.2) is 0 Å². The van der Waals surface area contributed by atoms with E-state index in [1.165, 1.54) is 57.0 Å². The SMILES string of the molecule is C.O=S(=O)(Cl)c1cccc2c(Cl)nccc12.O=S(=O)(c1cccc2c(Cl)nccc12)N1CCc2cc(O)ccc21.O=c1[nH]ccc2c(S(=O)(=O)N3CCc4cc(O)ccc43)cccc12.Oc1ccc2c(c1)CCN2. The molecule has 74 heavy (non-hydrogen) atoms. The number of phenolic OH excluding ortho intramolecular Hbond substituents is 3. The van der Waals surface area contributed by atoms with E-state index in [0.717, 1.165) is 29.8 Å².